The molecule has 0 saturated carbocycles. The van der Waals surface area contributed by atoms with Crippen molar-refractivity contribution in [3.05, 3.63) is 65.2 Å². The van der Waals surface area contributed by atoms with Crippen LogP contribution in [0.4, 0.5) is 10.8 Å². The van der Waals surface area contributed by atoms with E-state index in [1.54, 1.807) is 16.7 Å². The summed E-state index contributed by atoms with van der Waals surface area (Å²) in [7, 11) is 0. The highest BCUT2D eigenvalue weighted by Gasteiger charge is 2.35. The maximum atomic E-state index is 12.7. The number of amides is 2. The van der Waals surface area contributed by atoms with Gasteiger partial charge < -0.3 is 15.0 Å². The second-order valence-corrected chi connectivity index (χ2v) is 9.35. The maximum Gasteiger partial charge on any atom is 0.231 e. The van der Waals surface area contributed by atoms with E-state index in [4.69, 9.17) is 4.74 Å². The van der Waals surface area contributed by atoms with E-state index < -0.39 is 5.92 Å². The number of hydrogen-bond acceptors (Lipinski definition) is 7. The van der Waals surface area contributed by atoms with Crippen molar-refractivity contribution in [2.45, 2.75) is 24.9 Å². The number of anilines is 2. The van der Waals surface area contributed by atoms with Gasteiger partial charge in [0.05, 0.1) is 12.5 Å². The number of carbonyl (C=O) groups excluding carboxylic acids is 2. The van der Waals surface area contributed by atoms with E-state index in [0.717, 1.165) is 28.0 Å². The van der Waals surface area contributed by atoms with Crippen molar-refractivity contribution in [2.24, 2.45) is 5.92 Å². The fourth-order valence-electron chi connectivity index (χ4n) is 3.42. The van der Waals surface area contributed by atoms with Crippen LogP contribution in [0.25, 0.3) is 0 Å². The lowest BCUT2D eigenvalue weighted by molar-refractivity contribution is -0.122. The molecule has 7 nitrogen and oxygen atoms in total. The van der Waals surface area contributed by atoms with E-state index in [0.29, 0.717) is 18.3 Å². The second kappa shape index (κ2) is 10.6. The summed E-state index contributed by atoms with van der Waals surface area (Å²) < 4.78 is 5.44. The van der Waals surface area contributed by atoms with E-state index in [9.17, 15) is 9.59 Å². The molecule has 1 saturated heterocycles. The van der Waals surface area contributed by atoms with E-state index in [2.05, 4.69) is 27.6 Å². The molecule has 32 heavy (non-hydrogen) atoms. The van der Waals surface area contributed by atoms with Crippen LogP contribution in [0.1, 0.15) is 23.9 Å². The number of rotatable bonds is 9. The van der Waals surface area contributed by atoms with Gasteiger partial charge in [0, 0.05) is 30.2 Å². The molecule has 2 aromatic carbocycles. The van der Waals surface area contributed by atoms with Crippen LogP contribution in [-0.4, -0.2) is 35.2 Å². The van der Waals surface area contributed by atoms with Crippen molar-refractivity contribution in [3.8, 4) is 5.75 Å². The highest BCUT2D eigenvalue weighted by Crippen LogP contribution is 2.28. The number of thioether (sulfide) groups is 1. The molecule has 1 aromatic heterocycles. The van der Waals surface area contributed by atoms with Crippen molar-refractivity contribution < 1.29 is 14.3 Å². The van der Waals surface area contributed by atoms with Gasteiger partial charge in [-0.25, -0.2) is 0 Å². The molecule has 1 aliphatic rings. The average Bonchev–Trinajstić information content (AvgIpc) is 3.42. The van der Waals surface area contributed by atoms with Gasteiger partial charge in [0.2, 0.25) is 16.9 Å². The third-order valence-corrected chi connectivity index (χ3v) is 7.03. The minimum atomic E-state index is -0.422. The van der Waals surface area contributed by atoms with E-state index in [1.807, 2.05) is 49.4 Å². The first-order chi connectivity index (χ1) is 15.6. The molecular formula is C23H24N4O3S2. The minimum absolute atomic E-state index is 0.0652. The van der Waals surface area contributed by atoms with Crippen LogP contribution in [0.3, 0.4) is 0 Å². The molecule has 1 N–H and O–H groups in total. The van der Waals surface area contributed by atoms with Crippen molar-refractivity contribution in [2.75, 3.05) is 23.4 Å². The Kier molecular flexibility index (Phi) is 7.39. The highest BCUT2D eigenvalue weighted by molar-refractivity contribution is 7.97. The first-order valence-electron chi connectivity index (χ1n) is 10.4. The first-order valence-corrected chi connectivity index (χ1v) is 12.4. The Balaban J connectivity index is 1.28. The van der Waals surface area contributed by atoms with E-state index >= 15 is 0 Å². The number of benzene rings is 2. The molecule has 2 heterocycles. The van der Waals surface area contributed by atoms with Crippen molar-refractivity contribution in [3.63, 3.8) is 0 Å². The summed E-state index contributed by atoms with van der Waals surface area (Å²) in [6, 6.07) is 17.6. The molecule has 1 fully saturated rings. The van der Waals surface area contributed by atoms with Crippen LogP contribution in [0.2, 0.25) is 0 Å². The summed E-state index contributed by atoms with van der Waals surface area (Å²) in [6.07, 6.45) is 0.178. The normalized spacial score (nSPS) is 15.7. The first kappa shape index (κ1) is 22.3. The molecule has 0 radical (unpaired) electrons. The molecule has 0 bridgehead atoms. The van der Waals surface area contributed by atoms with Gasteiger partial charge in [-0.3, -0.25) is 9.59 Å². The Morgan fingerprint density at radius 3 is 2.69 bits per heavy atom. The van der Waals surface area contributed by atoms with Crippen LogP contribution < -0.4 is 15.0 Å². The van der Waals surface area contributed by atoms with Gasteiger partial charge in [-0.1, -0.05) is 41.7 Å². The fraction of sp³-hybridized carbons (Fsp3) is 0.304. The number of nitrogens with one attached hydrogen (secondary N) is 1. The SMILES string of the molecule is CCOc1ccc(N2C[C@@H](C(=O)Nc3nnc(CSCc4ccccc4)s3)CC2=O)cc1. The average molecular weight is 469 g/mol. The molecular weight excluding hydrogens is 444 g/mol. The topological polar surface area (TPSA) is 84.4 Å². The lowest BCUT2D eigenvalue weighted by Crippen LogP contribution is -2.28. The fourth-order valence-corrected chi connectivity index (χ4v) is 5.21. The molecule has 4 rings (SSSR count). The number of nitrogens with zero attached hydrogens (tertiary/aromatic N) is 3. The summed E-state index contributed by atoms with van der Waals surface area (Å²) in [5, 5.41) is 12.4. The van der Waals surface area contributed by atoms with Gasteiger partial charge in [0.15, 0.2) is 0 Å². The molecule has 0 unspecified atom stereocenters. The molecule has 0 spiro atoms. The number of hydrogen-bond donors (Lipinski definition) is 1. The van der Waals surface area contributed by atoms with E-state index in [-0.39, 0.29) is 18.2 Å². The van der Waals surface area contributed by atoms with Gasteiger partial charge in [-0.05, 0) is 36.8 Å². The molecule has 1 aliphatic heterocycles. The lowest BCUT2D eigenvalue weighted by atomic mass is 10.1. The Morgan fingerprint density at radius 1 is 1.16 bits per heavy atom. The monoisotopic (exact) mass is 468 g/mol. The molecule has 2 amide bonds. The van der Waals surface area contributed by atoms with E-state index in [1.165, 1.54) is 16.9 Å². The quantitative estimate of drug-likeness (QED) is 0.502. The zero-order chi connectivity index (χ0) is 22.3. The zero-order valence-corrected chi connectivity index (χ0v) is 19.3. The Morgan fingerprint density at radius 2 is 1.94 bits per heavy atom. The third-order valence-electron chi connectivity index (χ3n) is 4.99. The van der Waals surface area contributed by atoms with Gasteiger partial charge in [0.1, 0.15) is 10.8 Å². The van der Waals surface area contributed by atoms with Crippen LogP contribution >= 0.6 is 23.1 Å². The van der Waals surface area contributed by atoms with Crippen LogP contribution in [0.15, 0.2) is 54.6 Å². The molecule has 0 aliphatic carbocycles. The van der Waals surface area contributed by atoms with Gasteiger partial charge in [0.25, 0.3) is 0 Å². The van der Waals surface area contributed by atoms with Gasteiger partial charge >= 0.3 is 0 Å². The number of ether oxygens (including phenoxy) is 1. The van der Waals surface area contributed by atoms with Crippen molar-refractivity contribution >= 4 is 45.7 Å². The predicted octanol–water partition coefficient (Wildman–Crippen LogP) is 4.36. The second-order valence-electron chi connectivity index (χ2n) is 7.30. The molecule has 166 valence electrons. The zero-order valence-electron chi connectivity index (χ0n) is 17.7. The number of aromatic nitrogens is 2. The molecule has 9 heteroatoms. The van der Waals surface area contributed by atoms with Crippen LogP contribution in [-0.2, 0) is 21.1 Å². The predicted molar refractivity (Wildman–Crippen MR) is 128 cm³/mol. The summed E-state index contributed by atoms with van der Waals surface area (Å²) in [4.78, 5) is 26.8. The summed E-state index contributed by atoms with van der Waals surface area (Å²) >= 11 is 3.13. The summed E-state index contributed by atoms with van der Waals surface area (Å²) in [6.45, 7) is 2.85. The van der Waals surface area contributed by atoms with Crippen molar-refractivity contribution in [1.29, 1.82) is 0 Å². The lowest BCUT2D eigenvalue weighted by Gasteiger charge is -2.17. The standard InChI is InChI=1S/C23H24N4O3S2/c1-2-30-19-10-8-18(9-11-19)27-13-17(12-21(27)28)22(29)24-23-26-25-20(32-23)15-31-14-16-6-4-3-5-7-16/h3-11,17H,2,12-15H2,1H3,(H,24,26,29)/t17-/m0/s1. The molecule has 1 atom stereocenters. The van der Waals surface area contributed by atoms with Crippen LogP contribution in [0.5, 0.6) is 5.75 Å². The van der Waals surface area contributed by atoms with Crippen molar-refractivity contribution in [1.82, 2.24) is 10.2 Å². The van der Waals surface area contributed by atoms with Gasteiger partial charge in [-0.15, -0.1) is 22.0 Å². The van der Waals surface area contributed by atoms with Crippen LogP contribution in [0, 0.1) is 5.92 Å². The third kappa shape index (κ3) is 5.66. The largest absolute Gasteiger partial charge is 0.494 e. The summed E-state index contributed by atoms with van der Waals surface area (Å²) in [5.74, 6) is 1.69. The van der Waals surface area contributed by atoms with Gasteiger partial charge in [-0.2, -0.15) is 0 Å². The Bertz CT molecular complexity index is 1060. The smallest absolute Gasteiger partial charge is 0.231 e. The Labute approximate surface area is 195 Å². The number of carbonyl (C=O) groups is 2. The Hall–Kier alpha value is -2.91. The molecule has 3 aromatic rings. The highest BCUT2D eigenvalue weighted by atomic mass is 32.2. The minimum Gasteiger partial charge on any atom is -0.494 e. The maximum absolute atomic E-state index is 12.7. The summed E-state index contributed by atoms with van der Waals surface area (Å²) in [5.41, 5.74) is 2.03.